The van der Waals surface area contributed by atoms with Gasteiger partial charge in [-0.25, -0.2) is 0 Å². The van der Waals surface area contributed by atoms with E-state index in [1.54, 1.807) is 25.3 Å². The van der Waals surface area contributed by atoms with E-state index in [4.69, 9.17) is 15.2 Å². The Morgan fingerprint density at radius 1 is 1.40 bits per heavy atom. The van der Waals surface area contributed by atoms with Gasteiger partial charge in [0, 0.05) is 6.07 Å². The second-order valence-electron chi connectivity index (χ2n) is 3.91. The lowest BCUT2D eigenvalue weighted by Gasteiger charge is -2.11. The Morgan fingerprint density at radius 3 is 2.80 bits per heavy atom. The molecule has 1 aromatic carbocycles. The molecule has 0 fully saturated rings. The van der Waals surface area contributed by atoms with Gasteiger partial charge in [-0.3, -0.25) is 4.79 Å². The van der Waals surface area contributed by atoms with Crippen molar-refractivity contribution in [2.45, 2.75) is 6.54 Å². The van der Waals surface area contributed by atoms with Crippen LogP contribution >= 0.6 is 0 Å². The van der Waals surface area contributed by atoms with E-state index in [-0.39, 0.29) is 18.3 Å². The minimum Gasteiger partial charge on any atom is -0.497 e. The van der Waals surface area contributed by atoms with E-state index in [1.165, 1.54) is 18.1 Å². The first-order chi connectivity index (χ1) is 9.62. The number of nitrogens with two attached hydrogens (primary N) is 1. The quantitative estimate of drug-likeness (QED) is 0.825. The van der Waals surface area contributed by atoms with Crippen LogP contribution in [0.15, 0.2) is 24.4 Å². The maximum absolute atomic E-state index is 11.9. The fraction of sp³-hybridized carbons (Fsp3) is 0.250. The molecule has 3 N–H and O–H groups in total. The SMILES string of the molecule is COc1ccc(OC)c(NC(=O)Cn2ncc(N)n2)c1. The number of rotatable bonds is 5. The van der Waals surface area contributed by atoms with Gasteiger partial charge in [0.2, 0.25) is 5.91 Å². The van der Waals surface area contributed by atoms with Gasteiger partial charge in [0.15, 0.2) is 5.82 Å². The Hall–Kier alpha value is -2.77. The third-order valence-corrected chi connectivity index (χ3v) is 2.52. The molecule has 0 aliphatic heterocycles. The molecule has 1 amide bonds. The number of methoxy groups -OCH3 is 2. The van der Waals surface area contributed by atoms with Crippen LogP contribution in [-0.2, 0) is 11.3 Å². The van der Waals surface area contributed by atoms with Gasteiger partial charge in [0.1, 0.15) is 18.0 Å². The molecule has 0 bridgehead atoms. The summed E-state index contributed by atoms with van der Waals surface area (Å²) in [5, 5.41) is 10.4. The molecule has 0 atom stereocenters. The average Bonchev–Trinajstić information content (AvgIpc) is 2.83. The van der Waals surface area contributed by atoms with Crippen LogP contribution in [0, 0.1) is 0 Å². The number of nitrogens with one attached hydrogen (secondary N) is 1. The Kier molecular flexibility index (Phi) is 4.04. The summed E-state index contributed by atoms with van der Waals surface area (Å²) in [5.41, 5.74) is 5.94. The largest absolute Gasteiger partial charge is 0.497 e. The predicted molar refractivity (Wildman–Crippen MR) is 72.6 cm³/mol. The number of nitrogens with zero attached hydrogens (tertiary/aromatic N) is 3. The summed E-state index contributed by atoms with van der Waals surface area (Å²) < 4.78 is 10.3. The van der Waals surface area contributed by atoms with Crippen molar-refractivity contribution in [2.75, 3.05) is 25.3 Å². The van der Waals surface area contributed by atoms with Crippen molar-refractivity contribution in [2.24, 2.45) is 0 Å². The molecular weight excluding hydrogens is 262 g/mol. The van der Waals surface area contributed by atoms with Gasteiger partial charge in [-0.1, -0.05) is 0 Å². The lowest BCUT2D eigenvalue weighted by Crippen LogP contribution is -2.20. The van der Waals surface area contributed by atoms with E-state index >= 15 is 0 Å². The van der Waals surface area contributed by atoms with E-state index in [1.807, 2.05) is 0 Å². The number of carbonyl (C=O) groups excluding carboxylic acids is 1. The summed E-state index contributed by atoms with van der Waals surface area (Å²) in [6.45, 7) is -0.0441. The normalized spacial score (nSPS) is 10.1. The Balaban J connectivity index is 2.10. The number of carbonyl (C=O) groups is 1. The second kappa shape index (κ2) is 5.91. The van der Waals surface area contributed by atoms with Crippen LogP contribution in [0.4, 0.5) is 11.5 Å². The third-order valence-electron chi connectivity index (χ3n) is 2.52. The molecule has 8 nitrogen and oxygen atoms in total. The highest BCUT2D eigenvalue weighted by Gasteiger charge is 2.10. The van der Waals surface area contributed by atoms with Crippen molar-refractivity contribution in [3.8, 4) is 11.5 Å². The maximum Gasteiger partial charge on any atom is 0.248 e. The number of aromatic nitrogens is 3. The highest BCUT2D eigenvalue weighted by molar-refractivity contribution is 5.92. The monoisotopic (exact) mass is 277 g/mol. The predicted octanol–water partition coefficient (Wildman–Crippen LogP) is 0.516. The Bertz CT molecular complexity index is 611. The van der Waals surface area contributed by atoms with Crippen LogP contribution in [0.5, 0.6) is 11.5 Å². The smallest absolute Gasteiger partial charge is 0.248 e. The number of anilines is 2. The molecular formula is C12H15N5O3. The summed E-state index contributed by atoms with van der Waals surface area (Å²) in [6.07, 6.45) is 1.37. The van der Waals surface area contributed by atoms with Crippen molar-refractivity contribution in [3.05, 3.63) is 24.4 Å². The fourth-order valence-corrected chi connectivity index (χ4v) is 1.62. The molecule has 0 aliphatic carbocycles. The lowest BCUT2D eigenvalue weighted by molar-refractivity contribution is -0.117. The van der Waals surface area contributed by atoms with Gasteiger partial charge >= 0.3 is 0 Å². The molecule has 2 rings (SSSR count). The van der Waals surface area contributed by atoms with E-state index in [9.17, 15) is 4.79 Å². The number of hydrogen-bond acceptors (Lipinski definition) is 6. The van der Waals surface area contributed by atoms with Gasteiger partial charge in [0.25, 0.3) is 0 Å². The van der Waals surface area contributed by atoms with Gasteiger partial charge in [-0.2, -0.15) is 9.90 Å². The summed E-state index contributed by atoms with van der Waals surface area (Å²) in [5.74, 6) is 1.11. The van der Waals surface area contributed by atoms with Crippen LogP contribution in [0.1, 0.15) is 0 Å². The first-order valence-corrected chi connectivity index (χ1v) is 5.80. The average molecular weight is 277 g/mol. The molecule has 0 saturated heterocycles. The van der Waals surface area contributed by atoms with Crippen LogP contribution in [-0.4, -0.2) is 35.1 Å². The van der Waals surface area contributed by atoms with Gasteiger partial charge < -0.3 is 20.5 Å². The first-order valence-electron chi connectivity index (χ1n) is 5.80. The minimum absolute atomic E-state index is 0.0441. The molecule has 1 heterocycles. The Labute approximate surface area is 115 Å². The highest BCUT2D eigenvalue weighted by Crippen LogP contribution is 2.28. The zero-order valence-electron chi connectivity index (χ0n) is 11.2. The summed E-state index contributed by atoms with van der Waals surface area (Å²) in [6, 6.07) is 5.12. The zero-order valence-corrected chi connectivity index (χ0v) is 11.2. The topological polar surface area (TPSA) is 104 Å². The molecule has 2 aromatic rings. The highest BCUT2D eigenvalue weighted by atomic mass is 16.5. The van der Waals surface area contributed by atoms with Crippen molar-refractivity contribution in [1.29, 1.82) is 0 Å². The molecule has 0 aliphatic rings. The molecule has 0 radical (unpaired) electrons. The molecule has 0 unspecified atom stereocenters. The Morgan fingerprint density at radius 2 is 2.20 bits per heavy atom. The lowest BCUT2D eigenvalue weighted by atomic mass is 10.2. The standard InChI is InChI=1S/C12H15N5O3/c1-19-8-3-4-10(20-2)9(5-8)15-12(18)7-17-14-6-11(13)16-17/h3-6H,7H2,1-2H3,(H2,13,16)(H,15,18). The van der Waals surface area contributed by atoms with Gasteiger partial charge in [0.05, 0.1) is 26.1 Å². The van der Waals surface area contributed by atoms with Gasteiger partial charge in [-0.15, -0.1) is 5.10 Å². The minimum atomic E-state index is -0.299. The summed E-state index contributed by atoms with van der Waals surface area (Å²) >= 11 is 0. The molecule has 0 spiro atoms. The van der Waals surface area contributed by atoms with Crippen LogP contribution < -0.4 is 20.5 Å². The van der Waals surface area contributed by atoms with Crippen molar-refractivity contribution >= 4 is 17.4 Å². The number of hydrogen-bond donors (Lipinski definition) is 2. The second-order valence-corrected chi connectivity index (χ2v) is 3.91. The fourth-order valence-electron chi connectivity index (χ4n) is 1.62. The number of amides is 1. The third kappa shape index (κ3) is 3.16. The first kappa shape index (κ1) is 13.7. The van der Waals surface area contributed by atoms with Crippen molar-refractivity contribution < 1.29 is 14.3 Å². The van der Waals surface area contributed by atoms with Crippen LogP contribution in [0.3, 0.4) is 0 Å². The summed E-state index contributed by atoms with van der Waals surface area (Å²) in [4.78, 5) is 13.1. The van der Waals surface area contributed by atoms with Gasteiger partial charge in [-0.05, 0) is 12.1 Å². The van der Waals surface area contributed by atoms with E-state index in [0.29, 0.717) is 17.2 Å². The molecule has 8 heteroatoms. The molecule has 106 valence electrons. The maximum atomic E-state index is 11.9. The van der Waals surface area contributed by atoms with E-state index < -0.39 is 0 Å². The van der Waals surface area contributed by atoms with Crippen LogP contribution in [0.2, 0.25) is 0 Å². The summed E-state index contributed by atoms with van der Waals surface area (Å²) in [7, 11) is 3.07. The molecule has 1 aromatic heterocycles. The number of ether oxygens (including phenoxy) is 2. The molecule has 0 saturated carbocycles. The number of nitrogen functional groups attached to an aromatic ring is 1. The van der Waals surface area contributed by atoms with E-state index in [2.05, 4.69) is 15.5 Å². The number of benzene rings is 1. The molecule has 20 heavy (non-hydrogen) atoms. The zero-order chi connectivity index (χ0) is 14.5. The van der Waals surface area contributed by atoms with Crippen molar-refractivity contribution in [3.63, 3.8) is 0 Å². The van der Waals surface area contributed by atoms with Crippen molar-refractivity contribution in [1.82, 2.24) is 15.0 Å². The van der Waals surface area contributed by atoms with E-state index in [0.717, 1.165) is 0 Å². The van der Waals surface area contributed by atoms with Crippen LogP contribution in [0.25, 0.3) is 0 Å².